The molecule has 0 heterocycles. The third-order valence-corrected chi connectivity index (χ3v) is 2.54. The van der Waals surface area contributed by atoms with Crippen molar-refractivity contribution in [3.63, 3.8) is 0 Å². The molecule has 1 amide bonds. The van der Waals surface area contributed by atoms with Crippen LogP contribution in [0.15, 0.2) is 18.2 Å². The number of hydrogen-bond donors (Lipinski definition) is 2. The predicted molar refractivity (Wildman–Crippen MR) is 66.4 cm³/mol. The van der Waals surface area contributed by atoms with Crippen molar-refractivity contribution in [2.45, 2.75) is 19.9 Å². The van der Waals surface area contributed by atoms with Crippen LogP contribution in [0.2, 0.25) is 5.02 Å². The van der Waals surface area contributed by atoms with Gasteiger partial charge in [0.1, 0.15) is 5.82 Å². The van der Waals surface area contributed by atoms with Gasteiger partial charge < -0.3 is 10.6 Å². The Labute approximate surface area is 105 Å². The second-order valence-corrected chi connectivity index (χ2v) is 4.04. The van der Waals surface area contributed by atoms with E-state index in [1.54, 1.807) is 6.07 Å². The molecule has 0 fully saturated rings. The van der Waals surface area contributed by atoms with Gasteiger partial charge in [-0.3, -0.25) is 4.79 Å². The van der Waals surface area contributed by atoms with Crippen LogP contribution in [0.4, 0.5) is 4.39 Å². The van der Waals surface area contributed by atoms with Crippen LogP contribution in [-0.4, -0.2) is 19.0 Å². The van der Waals surface area contributed by atoms with Crippen molar-refractivity contribution in [2.75, 3.05) is 13.1 Å². The largest absolute Gasteiger partial charge is 0.352 e. The molecule has 3 nitrogen and oxygen atoms in total. The fraction of sp³-hybridized carbons (Fsp3) is 0.417. The number of hydrogen-bond acceptors (Lipinski definition) is 2. The first-order valence-corrected chi connectivity index (χ1v) is 5.92. The lowest BCUT2D eigenvalue weighted by Gasteiger charge is -2.06. The minimum Gasteiger partial charge on any atom is -0.352 e. The minimum atomic E-state index is -0.450. The van der Waals surface area contributed by atoms with Gasteiger partial charge in [0.05, 0.1) is 5.02 Å². The molecule has 1 aromatic carbocycles. The molecule has 0 spiro atoms. The Bertz CT molecular complexity index is 385. The highest BCUT2D eigenvalue weighted by Gasteiger charge is 2.03. The van der Waals surface area contributed by atoms with Crippen LogP contribution in [-0.2, 0) is 11.3 Å². The second-order valence-electron chi connectivity index (χ2n) is 3.63. The van der Waals surface area contributed by atoms with E-state index in [4.69, 9.17) is 11.6 Å². The van der Waals surface area contributed by atoms with Crippen molar-refractivity contribution < 1.29 is 9.18 Å². The van der Waals surface area contributed by atoms with Gasteiger partial charge in [0, 0.05) is 19.5 Å². The Morgan fingerprint density at radius 2 is 2.24 bits per heavy atom. The van der Waals surface area contributed by atoms with E-state index in [1.807, 2.05) is 6.92 Å². The van der Waals surface area contributed by atoms with Gasteiger partial charge in [0.25, 0.3) is 0 Å². The summed E-state index contributed by atoms with van der Waals surface area (Å²) in [6.07, 6.45) is 0.433. The summed E-state index contributed by atoms with van der Waals surface area (Å²) in [5, 5.41) is 5.88. The first-order valence-electron chi connectivity index (χ1n) is 5.54. The number of carbonyl (C=O) groups is 1. The van der Waals surface area contributed by atoms with Crippen LogP contribution in [0.5, 0.6) is 0 Å². The zero-order chi connectivity index (χ0) is 12.7. The van der Waals surface area contributed by atoms with Crippen molar-refractivity contribution in [2.24, 2.45) is 0 Å². The van der Waals surface area contributed by atoms with Crippen molar-refractivity contribution in [1.29, 1.82) is 0 Å². The molecule has 0 aromatic heterocycles. The fourth-order valence-corrected chi connectivity index (χ4v) is 1.52. The van der Waals surface area contributed by atoms with Crippen LogP contribution in [0.1, 0.15) is 18.9 Å². The molecule has 0 bridgehead atoms. The van der Waals surface area contributed by atoms with Gasteiger partial charge in [0.15, 0.2) is 0 Å². The smallest absolute Gasteiger partial charge is 0.221 e. The Morgan fingerprint density at radius 3 is 2.88 bits per heavy atom. The van der Waals surface area contributed by atoms with E-state index in [-0.39, 0.29) is 10.9 Å². The average molecular weight is 259 g/mol. The first-order chi connectivity index (χ1) is 8.13. The molecular formula is C12H16ClFN2O. The molecule has 0 aliphatic heterocycles. The molecule has 0 atom stereocenters. The third-order valence-electron chi connectivity index (χ3n) is 2.25. The summed E-state index contributed by atoms with van der Waals surface area (Å²) in [7, 11) is 0. The lowest BCUT2D eigenvalue weighted by atomic mass is 10.2. The van der Waals surface area contributed by atoms with Gasteiger partial charge in [-0.05, 0) is 24.2 Å². The highest BCUT2D eigenvalue weighted by Crippen LogP contribution is 2.15. The molecule has 2 N–H and O–H groups in total. The van der Waals surface area contributed by atoms with E-state index in [2.05, 4.69) is 10.6 Å². The summed E-state index contributed by atoms with van der Waals surface area (Å²) >= 11 is 5.63. The Morgan fingerprint density at radius 1 is 1.47 bits per heavy atom. The van der Waals surface area contributed by atoms with E-state index in [0.717, 1.165) is 12.1 Å². The Hall–Kier alpha value is -1.13. The summed E-state index contributed by atoms with van der Waals surface area (Å²) in [4.78, 5) is 11.4. The molecule has 0 radical (unpaired) electrons. The predicted octanol–water partition coefficient (Wildman–Crippen LogP) is 2.09. The zero-order valence-electron chi connectivity index (χ0n) is 9.72. The monoisotopic (exact) mass is 258 g/mol. The number of benzene rings is 1. The number of carbonyl (C=O) groups excluding carboxylic acids is 1. The highest BCUT2D eigenvalue weighted by molar-refractivity contribution is 6.30. The molecule has 0 aliphatic carbocycles. The molecule has 5 heteroatoms. The molecular weight excluding hydrogens is 243 g/mol. The SMILES string of the molecule is CCNCCC(=O)NCc1ccc(F)c(Cl)c1. The minimum absolute atomic E-state index is 0.0357. The molecule has 17 heavy (non-hydrogen) atoms. The number of amides is 1. The topological polar surface area (TPSA) is 41.1 Å². The Kier molecular flexibility index (Phi) is 5.94. The first kappa shape index (κ1) is 13.9. The van der Waals surface area contributed by atoms with Gasteiger partial charge in [-0.25, -0.2) is 4.39 Å². The molecule has 0 saturated carbocycles. The van der Waals surface area contributed by atoms with Gasteiger partial charge in [-0.1, -0.05) is 24.6 Å². The molecule has 1 rings (SSSR count). The summed E-state index contributed by atoms with van der Waals surface area (Å²) in [6, 6.07) is 4.41. The van der Waals surface area contributed by atoms with E-state index in [1.165, 1.54) is 12.1 Å². The van der Waals surface area contributed by atoms with Gasteiger partial charge in [-0.15, -0.1) is 0 Å². The Balaban J connectivity index is 2.34. The van der Waals surface area contributed by atoms with Gasteiger partial charge in [-0.2, -0.15) is 0 Å². The molecule has 0 unspecified atom stereocenters. The van der Waals surface area contributed by atoms with Crippen LogP contribution in [0.25, 0.3) is 0 Å². The van der Waals surface area contributed by atoms with E-state index < -0.39 is 5.82 Å². The van der Waals surface area contributed by atoms with Crippen molar-refractivity contribution in [1.82, 2.24) is 10.6 Å². The molecule has 94 valence electrons. The quantitative estimate of drug-likeness (QED) is 0.768. The lowest BCUT2D eigenvalue weighted by molar-refractivity contribution is -0.121. The summed E-state index contributed by atoms with van der Waals surface area (Å²) < 4.78 is 12.9. The summed E-state index contributed by atoms with van der Waals surface area (Å²) in [5.74, 6) is -0.486. The van der Waals surface area contributed by atoms with Crippen molar-refractivity contribution in [3.05, 3.63) is 34.6 Å². The highest BCUT2D eigenvalue weighted by atomic mass is 35.5. The zero-order valence-corrected chi connectivity index (χ0v) is 10.5. The standard InChI is InChI=1S/C12H16ClFN2O/c1-2-15-6-5-12(17)16-8-9-3-4-11(14)10(13)7-9/h3-4,7,15H,2,5-6,8H2,1H3,(H,16,17). The number of halogens is 2. The maximum absolute atomic E-state index is 12.9. The lowest BCUT2D eigenvalue weighted by Crippen LogP contribution is -2.27. The maximum Gasteiger partial charge on any atom is 0.221 e. The van der Waals surface area contributed by atoms with Crippen LogP contribution in [0, 0.1) is 5.82 Å². The van der Waals surface area contributed by atoms with Crippen LogP contribution >= 0.6 is 11.6 Å². The van der Waals surface area contributed by atoms with Gasteiger partial charge in [0.2, 0.25) is 5.91 Å². The molecule has 1 aromatic rings. The van der Waals surface area contributed by atoms with Crippen LogP contribution < -0.4 is 10.6 Å². The van der Waals surface area contributed by atoms with Crippen molar-refractivity contribution >= 4 is 17.5 Å². The fourth-order valence-electron chi connectivity index (χ4n) is 1.32. The maximum atomic E-state index is 12.9. The van der Waals surface area contributed by atoms with Crippen LogP contribution in [0.3, 0.4) is 0 Å². The normalized spacial score (nSPS) is 10.3. The van der Waals surface area contributed by atoms with Crippen molar-refractivity contribution in [3.8, 4) is 0 Å². The van der Waals surface area contributed by atoms with E-state index in [0.29, 0.717) is 19.5 Å². The van der Waals surface area contributed by atoms with E-state index >= 15 is 0 Å². The molecule has 0 aliphatic rings. The number of rotatable bonds is 6. The average Bonchev–Trinajstić information content (AvgIpc) is 2.31. The second kappa shape index (κ2) is 7.25. The summed E-state index contributed by atoms with van der Waals surface area (Å²) in [6.45, 7) is 3.86. The van der Waals surface area contributed by atoms with E-state index in [9.17, 15) is 9.18 Å². The molecule has 0 saturated heterocycles. The summed E-state index contributed by atoms with van der Waals surface area (Å²) in [5.41, 5.74) is 0.785. The van der Waals surface area contributed by atoms with Gasteiger partial charge >= 0.3 is 0 Å². The third kappa shape index (κ3) is 5.15. The number of nitrogens with one attached hydrogen (secondary N) is 2.